The van der Waals surface area contributed by atoms with Crippen LogP contribution in [0.1, 0.15) is 37.6 Å². The number of nitrogens with zero attached hydrogens (tertiary/aromatic N) is 3. The van der Waals surface area contributed by atoms with E-state index < -0.39 is 0 Å². The molecule has 2 N–H and O–H groups in total. The predicted molar refractivity (Wildman–Crippen MR) is 81.0 cm³/mol. The van der Waals surface area contributed by atoms with Crippen LogP contribution in [0.4, 0.5) is 0 Å². The number of fused-ring (bicyclic) bond motifs is 1. The van der Waals surface area contributed by atoms with Crippen molar-refractivity contribution in [1.82, 2.24) is 20.3 Å². The maximum Gasteiger partial charge on any atom is 0.251 e. The molecule has 6 nitrogen and oxygen atoms in total. The first kappa shape index (κ1) is 15.4. The van der Waals surface area contributed by atoms with Gasteiger partial charge in [-0.15, -0.1) is 5.10 Å². The van der Waals surface area contributed by atoms with Crippen molar-refractivity contribution in [3.8, 4) is 0 Å². The molecule has 6 heteroatoms. The Hall–Kier alpha value is -1.95. The lowest BCUT2D eigenvalue weighted by atomic mass is 10.0. The minimum atomic E-state index is -0.350. The molecule has 0 bridgehead atoms. The second-order valence-electron chi connectivity index (χ2n) is 5.51. The average Bonchev–Trinajstić information content (AvgIpc) is 2.86. The lowest BCUT2D eigenvalue weighted by Crippen LogP contribution is -2.29. The molecule has 0 aliphatic heterocycles. The zero-order valence-electron chi connectivity index (χ0n) is 12.7. The Balaban J connectivity index is 2.02. The molecule has 1 aromatic carbocycles. The number of carbonyl (C=O) groups excluding carboxylic acids is 1. The topological polar surface area (TPSA) is 80.0 Å². The molecule has 0 radical (unpaired) electrons. The zero-order valence-corrected chi connectivity index (χ0v) is 12.7. The Morgan fingerprint density at radius 2 is 2.19 bits per heavy atom. The van der Waals surface area contributed by atoms with Gasteiger partial charge in [0.15, 0.2) is 0 Å². The van der Waals surface area contributed by atoms with Crippen LogP contribution in [0, 0.1) is 5.92 Å². The van der Waals surface area contributed by atoms with Crippen LogP contribution in [0.15, 0.2) is 18.2 Å². The Labute approximate surface area is 124 Å². The van der Waals surface area contributed by atoms with Crippen LogP contribution in [0.2, 0.25) is 0 Å². The van der Waals surface area contributed by atoms with Gasteiger partial charge in [-0.25, -0.2) is 4.68 Å². The van der Waals surface area contributed by atoms with Crippen molar-refractivity contribution < 1.29 is 9.90 Å². The number of aliphatic hydroxyl groups excluding tert-OH is 1. The van der Waals surface area contributed by atoms with E-state index in [1.54, 1.807) is 23.7 Å². The van der Waals surface area contributed by atoms with Gasteiger partial charge < -0.3 is 10.4 Å². The van der Waals surface area contributed by atoms with Gasteiger partial charge in [0.05, 0.1) is 11.6 Å². The molecule has 114 valence electrons. The van der Waals surface area contributed by atoms with E-state index in [9.17, 15) is 9.90 Å². The van der Waals surface area contributed by atoms with Gasteiger partial charge >= 0.3 is 0 Å². The monoisotopic (exact) mass is 290 g/mol. The van der Waals surface area contributed by atoms with Gasteiger partial charge in [0.1, 0.15) is 5.52 Å². The number of aryl methyl sites for hydroxylation is 1. The quantitative estimate of drug-likeness (QED) is 0.846. The molecule has 2 unspecified atom stereocenters. The predicted octanol–water partition coefficient (Wildman–Crippen LogP) is 1.59. The van der Waals surface area contributed by atoms with E-state index in [0.29, 0.717) is 18.5 Å². The Bertz CT molecular complexity index is 621. The molecule has 1 heterocycles. The molecule has 0 aliphatic rings. The van der Waals surface area contributed by atoms with E-state index in [0.717, 1.165) is 17.6 Å². The Kier molecular flexibility index (Phi) is 4.90. The number of amides is 1. The van der Waals surface area contributed by atoms with Gasteiger partial charge in [0.2, 0.25) is 0 Å². The van der Waals surface area contributed by atoms with Crippen LogP contribution in [0.3, 0.4) is 0 Å². The molecule has 0 aliphatic carbocycles. The van der Waals surface area contributed by atoms with Crippen LogP contribution >= 0.6 is 0 Å². The molecule has 2 atom stereocenters. The fourth-order valence-corrected chi connectivity index (χ4v) is 2.38. The molecule has 2 aromatic rings. The third-order valence-electron chi connectivity index (χ3n) is 3.43. The fraction of sp³-hybridized carbons (Fsp3) is 0.533. The van der Waals surface area contributed by atoms with Crippen molar-refractivity contribution in [2.75, 3.05) is 6.54 Å². The highest BCUT2D eigenvalue weighted by atomic mass is 16.3. The summed E-state index contributed by atoms with van der Waals surface area (Å²) in [6, 6.07) is 5.41. The molecule has 1 amide bonds. The smallest absolute Gasteiger partial charge is 0.251 e. The molecule has 0 saturated carbocycles. The third-order valence-corrected chi connectivity index (χ3v) is 3.43. The number of benzene rings is 1. The van der Waals surface area contributed by atoms with E-state index in [1.165, 1.54) is 0 Å². The zero-order chi connectivity index (χ0) is 15.4. The third kappa shape index (κ3) is 3.78. The molecule has 21 heavy (non-hydrogen) atoms. The maximum atomic E-state index is 12.1. The summed E-state index contributed by atoms with van der Waals surface area (Å²) >= 11 is 0. The standard InChI is InChI=1S/C15H22N4O2/c1-4-19-14-6-5-12(8-13(14)17-18-19)15(21)16-9-10(2)7-11(3)20/h5-6,8,10-11,20H,4,7,9H2,1-3H3,(H,16,21). The highest BCUT2D eigenvalue weighted by Crippen LogP contribution is 2.13. The van der Waals surface area contributed by atoms with Crippen molar-refractivity contribution in [3.63, 3.8) is 0 Å². The molecule has 0 saturated heterocycles. The lowest BCUT2D eigenvalue weighted by molar-refractivity contribution is 0.0939. The van der Waals surface area contributed by atoms with E-state index in [4.69, 9.17) is 0 Å². The highest BCUT2D eigenvalue weighted by molar-refractivity contribution is 5.97. The van der Waals surface area contributed by atoms with Crippen LogP contribution in [-0.2, 0) is 6.54 Å². The summed E-state index contributed by atoms with van der Waals surface area (Å²) in [7, 11) is 0. The molecule has 2 rings (SSSR count). The van der Waals surface area contributed by atoms with E-state index in [-0.39, 0.29) is 17.9 Å². The van der Waals surface area contributed by atoms with Crippen molar-refractivity contribution in [2.45, 2.75) is 39.8 Å². The molecule has 1 aromatic heterocycles. The summed E-state index contributed by atoms with van der Waals surface area (Å²) < 4.78 is 1.79. The Morgan fingerprint density at radius 3 is 2.86 bits per heavy atom. The van der Waals surface area contributed by atoms with E-state index in [1.807, 2.05) is 19.9 Å². The first-order chi connectivity index (χ1) is 10.0. The Morgan fingerprint density at radius 1 is 1.43 bits per heavy atom. The number of carbonyl (C=O) groups is 1. The molecule has 0 fully saturated rings. The van der Waals surface area contributed by atoms with Crippen LogP contribution in [0.5, 0.6) is 0 Å². The summed E-state index contributed by atoms with van der Waals surface area (Å²) in [5, 5.41) is 20.3. The first-order valence-electron chi connectivity index (χ1n) is 7.30. The van der Waals surface area contributed by atoms with Gasteiger partial charge in [-0.3, -0.25) is 4.79 Å². The fourth-order valence-electron chi connectivity index (χ4n) is 2.38. The van der Waals surface area contributed by atoms with Gasteiger partial charge in [0, 0.05) is 18.7 Å². The van der Waals surface area contributed by atoms with Crippen LogP contribution in [0.25, 0.3) is 11.0 Å². The second kappa shape index (κ2) is 6.67. The van der Waals surface area contributed by atoms with Crippen molar-refractivity contribution in [2.24, 2.45) is 5.92 Å². The molecular weight excluding hydrogens is 268 g/mol. The summed E-state index contributed by atoms with van der Waals surface area (Å²) in [6.45, 7) is 7.05. The van der Waals surface area contributed by atoms with Crippen molar-refractivity contribution >= 4 is 16.9 Å². The highest BCUT2D eigenvalue weighted by Gasteiger charge is 2.12. The molecular formula is C15H22N4O2. The number of rotatable bonds is 6. The largest absolute Gasteiger partial charge is 0.393 e. The van der Waals surface area contributed by atoms with E-state index >= 15 is 0 Å². The van der Waals surface area contributed by atoms with Gasteiger partial charge in [-0.05, 0) is 44.4 Å². The van der Waals surface area contributed by atoms with Gasteiger partial charge in [0.25, 0.3) is 5.91 Å². The first-order valence-corrected chi connectivity index (χ1v) is 7.30. The minimum absolute atomic E-state index is 0.125. The molecule has 0 spiro atoms. The SMILES string of the molecule is CCn1nnc2cc(C(=O)NCC(C)CC(C)O)ccc21. The second-order valence-corrected chi connectivity index (χ2v) is 5.51. The van der Waals surface area contributed by atoms with Crippen molar-refractivity contribution in [1.29, 1.82) is 0 Å². The maximum absolute atomic E-state index is 12.1. The summed E-state index contributed by atoms with van der Waals surface area (Å²) in [5.74, 6) is 0.110. The number of aromatic nitrogens is 3. The van der Waals surface area contributed by atoms with E-state index in [2.05, 4.69) is 15.6 Å². The van der Waals surface area contributed by atoms with Crippen LogP contribution in [-0.4, -0.2) is 38.7 Å². The summed E-state index contributed by atoms with van der Waals surface area (Å²) in [4.78, 5) is 12.1. The van der Waals surface area contributed by atoms with Gasteiger partial charge in [-0.1, -0.05) is 12.1 Å². The number of aliphatic hydroxyl groups is 1. The average molecular weight is 290 g/mol. The normalized spacial score (nSPS) is 14.1. The van der Waals surface area contributed by atoms with Crippen molar-refractivity contribution in [3.05, 3.63) is 23.8 Å². The number of nitrogens with one attached hydrogen (secondary N) is 1. The van der Waals surface area contributed by atoms with Crippen LogP contribution < -0.4 is 5.32 Å². The summed E-state index contributed by atoms with van der Waals surface area (Å²) in [6.07, 6.45) is 0.321. The van der Waals surface area contributed by atoms with Gasteiger partial charge in [-0.2, -0.15) is 0 Å². The lowest BCUT2D eigenvalue weighted by Gasteiger charge is -2.14. The number of hydrogen-bond acceptors (Lipinski definition) is 4. The summed E-state index contributed by atoms with van der Waals surface area (Å²) in [5.41, 5.74) is 2.23. The minimum Gasteiger partial charge on any atom is -0.393 e. The number of hydrogen-bond donors (Lipinski definition) is 2.